The van der Waals surface area contributed by atoms with Crippen LogP contribution in [0.15, 0.2) is 97.1 Å². The zero-order valence-electron chi connectivity index (χ0n) is 20.7. The molecule has 0 N–H and O–H groups in total. The van der Waals surface area contributed by atoms with Gasteiger partial charge in [-0.1, -0.05) is 73.8 Å². The number of hydrogen-bond donors (Lipinski definition) is 0. The van der Waals surface area contributed by atoms with Crippen molar-refractivity contribution in [1.29, 1.82) is 0 Å². The maximum absolute atomic E-state index is 11.6. The highest BCUT2D eigenvalue weighted by molar-refractivity contribution is 5.89. The third-order valence-corrected chi connectivity index (χ3v) is 5.14. The monoisotopic (exact) mass is 482 g/mol. The van der Waals surface area contributed by atoms with Gasteiger partial charge in [-0.2, -0.15) is 0 Å². The fourth-order valence-electron chi connectivity index (χ4n) is 3.10. The first kappa shape index (κ1) is 26.2. The molecule has 0 aliphatic heterocycles. The lowest BCUT2D eigenvalue weighted by atomic mass is 10.0. The SMILES string of the molecule is C=C(C)C(=O)OCCCOc1ccc(/C=C/c2ccc(-c3ccc(OC(=O)C(=C)C)cc3)cc2)cc1. The molecule has 0 fully saturated rings. The first-order valence-corrected chi connectivity index (χ1v) is 11.6. The standard InChI is InChI=1S/C31H30O5/c1-22(2)30(32)35-21-5-20-34-28-16-10-25(11-17-28)7-6-24-8-12-26(13-9-24)27-14-18-29(19-15-27)36-31(33)23(3)4/h6-19H,1,3,5,20-21H2,2,4H3/b7-6+. The molecular formula is C31H30O5. The van der Waals surface area contributed by atoms with Gasteiger partial charge in [0, 0.05) is 17.6 Å². The first-order chi connectivity index (χ1) is 17.3. The molecule has 0 aliphatic rings. The van der Waals surface area contributed by atoms with Crippen LogP contribution in [0.2, 0.25) is 0 Å². The van der Waals surface area contributed by atoms with Crippen molar-refractivity contribution in [2.24, 2.45) is 0 Å². The van der Waals surface area contributed by atoms with Gasteiger partial charge in [-0.15, -0.1) is 0 Å². The van der Waals surface area contributed by atoms with E-state index in [2.05, 4.69) is 43.5 Å². The molecule has 0 unspecified atom stereocenters. The Labute approximate surface area is 212 Å². The number of esters is 2. The Morgan fingerprint density at radius 1 is 0.667 bits per heavy atom. The van der Waals surface area contributed by atoms with Crippen molar-refractivity contribution < 1.29 is 23.8 Å². The smallest absolute Gasteiger partial charge is 0.338 e. The van der Waals surface area contributed by atoms with Gasteiger partial charge in [-0.05, 0) is 60.4 Å². The van der Waals surface area contributed by atoms with Gasteiger partial charge in [0.2, 0.25) is 0 Å². The molecule has 5 nitrogen and oxygen atoms in total. The summed E-state index contributed by atoms with van der Waals surface area (Å²) in [6, 6.07) is 23.4. The third kappa shape index (κ3) is 8.13. The molecule has 0 saturated carbocycles. The summed E-state index contributed by atoms with van der Waals surface area (Å²) in [5.41, 5.74) is 5.00. The van der Waals surface area contributed by atoms with E-state index in [4.69, 9.17) is 14.2 Å². The molecule has 0 amide bonds. The van der Waals surface area contributed by atoms with Crippen LogP contribution in [0.1, 0.15) is 31.4 Å². The Bertz CT molecular complexity index is 1230. The van der Waals surface area contributed by atoms with Crippen molar-refractivity contribution in [3.63, 3.8) is 0 Å². The number of benzene rings is 3. The van der Waals surface area contributed by atoms with E-state index in [1.165, 1.54) is 0 Å². The first-order valence-electron chi connectivity index (χ1n) is 11.6. The predicted octanol–water partition coefficient (Wildman–Crippen LogP) is 6.89. The second kappa shape index (κ2) is 12.9. The van der Waals surface area contributed by atoms with Gasteiger partial charge in [-0.25, -0.2) is 9.59 Å². The maximum Gasteiger partial charge on any atom is 0.338 e. The van der Waals surface area contributed by atoms with Gasteiger partial charge in [0.15, 0.2) is 0 Å². The minimum atomic E-state index is -0.431. The number of carbonyl (C=O) groups is 2. The average Bonchev–Trinajstić information content (AvgIpc) is 2.88. The van der Waals surface area contributed by atoms with Crippen LogP contribution in [0.3, 0.4) is 0 Å². The molecule has 36 heavy (non-hydrogen) atoms. The maximum atomic E-state index is 11.6. The van der Waals surface area contributed by atoms with Crippen molar-refractivity contribution in [2.45, 2.75) is 20.3 Å². The molecule has 3 aromatic rings. The summed E-state index contributed by atoms with van der Waals surface area (Å²) in [5.74, 6) is 0.452. The highest BCUT2D eigenvalue weighted by Gasteiger charge is 2.06. The van der Waals surface area contributed by atoms with E-state index < -0.39 is 5.97 Å². The van der Waals surface area contributed by atoms with E-state index in [0.717, 1.165) is 28.0 Å². The van der Waals surface area contributed by atoms with Crippen LogP contribution in [0.5, 0.6) is 11.5 Å². The van der Waals surface area contributed by atoms with Crippen molar-refractivity contribution in [3.05, 3.63) is 108 Å². The summed E-state index contributed by atoms with van der Waals surface area (Å²) in [5, 5.41) is 0. The van der Waals surface area contributed by atoms with Crippen LogP contribution in [-0.4, -0.2) is 25.2 Å². The second-order valence-electron chi connectivity index (χ2n) is 8.34. The third-order valence-electron chi connectivity index (χ3n) is 5.14. The van der Waals surface area contributed by atoms with Crippen molar-refractivity contribution in [3.8, 4) is 22.6 Å². The van der Waals surface area contributed by atoms with E-state index in [1.54, 1.807) is 26.0 Å². The van der Waals surface area contributed by atoms with E-state index >= 15 is 0 Å². The molecule has 0 aromatic heterocycles. The van der Waals surface area contributed by atoms with Crippen LogP contribution in [0.25, 0.3) is 23.3 Å². The lowest BCUT2D eigenvalue weighted by molar-refractivity contribution is -0.139. The van der Waals surface area contributed by atoms with Gasteiger partial charge >= 0.3 is 11.9 Å². The fourth-order valence-corrected chi connectivity index (χ4v) is 3.10. The van der Waals surface area contributed by atoms with Crippen molar-refractivity contribution >= 4 is 24.1 Å². The lowest BCUT2D eigenvalue weighted by Gasteiger charge is -2.07. The minimum Gasteiger partial charge on any atom is -0.493 e. The van der Waals surface area contributed by atoms with Gasteiger partial charge in [0.1, 0.15) is 11.5 Å². The van der Waals surface area contributed by atoms with Crippen LogP contribution in [0, 0.1) is 0 Å². The zero-order valence-corrected chi connectivity index (χ0v) is 20.7. The lowest BCUT2D eigenvalue weighted by Crippen LogP contribution is -2.09. The Hall–Kier alpha value is -4.38. The zero-order chi connectivity index (χ0) is 25.9. The summed E-state index contributed by atoms with van der Waals surface area (Å²) in [7, 11) is 0. The predicted molar refractivity (Wildman–Crippen MR) is 144 cm³/mol. The summed E-state index contributed by atoms with van der Waals surface area (Å²) < 4.78 is 16.0. The highest BCUT2D eigenvalue weighted by atomic mass is 16.5. The van der Waals surface area contributed by atoms with E-state index in [0.29, 0.717) is 36.5 Å². The summed E-state index contributed by atoms with van der Waals surface area (Å²) >= 11 is 0. The molecule has 5 heteroatoms. The highest BCUT2D eigenvalue weighted by Crippen LogP contribution is 2.24. The molecule has 0 radical (unpaired) electrons. The molecule has 0 heterocycles. The molecule has 0 atom stereocenters. The van der Waals surface area contributed by atoms with Gasteiger partial charge in [0.05, 0.1) is 13.2 Å². The normalized spacial score (nSPS) is 10.6. The molecule has 0 spiro atoms. The number of carbonyl (C=O) groups excluding carboxylic acids is 2. The van der Waals surface area contributed by atoms with E-state index in [-0.39, 0.29) is 5.97 Å². The largest absolute Gasteiger partial charge is 0.493 e. The van der Waals surface area contributed by atoms with Crippen LogP contribution in [-0.2, 0) is 14.3 Å². The Balaban J connectivity index is 1.48. The van der Waals surface area contributed by atoms with Crippen molar-refractivity contribution in [1.82, 2.24) is 0 Å². The molecule has 0 bridgehead atoms. The van der Waals surface area contributed by atoms with Gasteiger partial charge in [-0.3, -0.25) is 0 Å². The van der Waals surface area contributed by atoms with Crippen LogP contribution in [0.4, 0.5) is 0 Å². The molecule has 3 rings (SSSR count). The summed E-state index contributed by atoms with van der Waals surface area (Å²) in [4.78, 5) is 23.0. The Kier molecular flexibility index (Phi) is 9.40. The molecule has 0 saturated heterocycles. The van der Waals surface area contributed by atoms with Crippen LogP contribution < -0.4 is 9.47 Å². The van der Waals surface area contributed by atoms with Crippen molar-refractivity contribution in [2.75, 3.05) is 13.2 Å². The van der Waals surface area contributed by atoms with Gasteiger partial charge < -0.3 is 14.2 Å². The van der Waals surface area contributed by atoms with Gasteiger partial charge in [0.25, 0.3) is 0 Å². The Morgan fingerprint density at radius 2 is 1.14 bits per heavy atom. The molecule has 184 valence electrons. The average molecular weight is 483 g/mol. The molecule has 0 aliphatic carbocycles. The summed E-state index contributed by atoms with van der Waals surface area (Å²) in [6.07, 6.45) is 4.71. The number of hydrogen-bond acceptors (Lipinski definition) is 5. The van der Waals surface area contributed by atoms with E-state index in [9.17, 15) is 9.59 Å². The molecular weight excluding hydrogens is 452 g/mol. The second-order valence-corrected chi connectivity index (χ2v) is 8.34. The molecule has 3 aromatic carbocycles. The minimum absolute atomic E-state index is 0.307. The van der Waals surface area contributed by atoms with Crippen LogP contribution >= 0.6 is 0 Å². The number of rotatable bonds is 11. The topological polar surface area (TPSA) is 61.8 Å². The summed E-state index contributed by atoms with van der Waals surface area (Å²) in [6.45, 7) is 11.2. The number of ether oxygens (including phenoxy) is 3. The Morgan fingerprint density at radius 3 is 1.67 bits per heavy atom. The van der Waals surface area contributed by atoms with E-state index in [1.807, 2.05) is 42.5 Å². The quantitative estimate of drug-likeness (QED) is 0.0979. The fraction of sp³-hybridized carbons (Fsp3) is 0.161.